The SMILES string of the molecule is CCCCCP1CCO[C@@]1(C)[C@@H]1OCCP1. The molecule has 2 heterocycles. The maximum Gasteiger partial charge on any atom is 0.114 e. The first-order chi connectivity index (χ1) is 7.77. The maximum absolute atomic E-state index is 6.08. The molecule has 0 N–H and O–H groups in total. The lowest BCUT2D eigenvalue weighted by Gasteiger charge is -2.35. The zero-order valence-electron chi connectivity index (χ0n) is 10.5. The molecule has 16 heavy (non-hydrogen) atoms. The molecule has 2 aliphatic heterocycles. The van der Waals surface area contributed by atoms with Crippen LogP contribution in [0.3, 0.4) is 0 Å². The van der Waals surface area contributed by atoms with E-state index in [2.05, 4.69) is 13.8 Å². The van der Waals surface area contributed by atoms with Gasteiger partial charge in [-0.3, -0.25) is 0 Å². The first kappa shape index (κ1) is 13.2. The number of hydrogen-bond donors (Lipinski definition) is 0. The zero-order chi connectivity index (χ0) is 11.4. The Kier molecular flexibility index (Phi) is 5.04. The van der Waals surface area contributed by atoms with Gasteiger partial charge in [-0.1, -0.05) is 36.3 Å². The van der Waals surface area contributed by atoms with Gasteiger partial charge >= 0.3 is 0 Å². The third-order valence-electron chi connectivity index (χ3n) is 3.62. The summed E-state index contributed by atoms with van der Waals surface area (Å²) in [6.45, 7) is 6.53. The summed E-state index contributed by atoms with van der Waals surface area (Å²) in [5.41, 5.74) is 0. The Hall–Kier alpha value is 0.780. The van der Waals surface area contributed by atoms with Crippen LogP contribution in [0, 0.1) is 0 Å². The van der Waals surface area contributed by atoms with E-state index in [9.17, 15) is 0 Å². The van der Waals surface area contributed by atoms with Gasteiger partial charge in [-0.05, 0) is 31.8 Å². The molecular formula is C12H24O2P2. The van der Waals surface area contributed by atoms with Gasteiger partial charge < -0.3 is 9.47 Å². The second-order valence-corrected chi connectivity index (χ2v) is 9.10. The summed E-state index contributed by atoms with van der Waals surface area (Å²) in [6.07, 6.45) is 8.04. The van der Waals surface area contributed by atoms with Crippen molar-refractivity contribution < 1.29 is 9.47 Å². The highest BCUT2D eigenvalue weighted by atomic mass is 31.1. The third-order valence-corrected chi connectivity index (χ3v) is 8.64. The number of hydrogen-bond acceptors (Lipinski definition) is 2. The molecule has 2 saturated heterocycles. The standard InChI is InChI=1S/C12H24O2P2/c1-3-4-5-9-16-10-7-14-12(16,2)11-13-6-8-15-11/h11,15H,3-10H2,1-2H3/t11-,12-,16?/m1/s1. The van der Waals surface area contributed by atoms with E-state index in [0.717, 1.165) is 21.8 Å². The molecule has 2 rings (SSSR count). The smallest absolute Gasteiger partial charge is 0.114 e. The minimum absolute atomic E-state index is 0.0465. The molecule has 2 fully saturated rings. The summed E-state index contributed by atoms with van der Waals surface area (Å²) in [5, 5.41) is 0.0953. The molecule has 2 nitrogen and oxygen atoms in total. The Morgan fingerprint density at radius 3 is 2.94 bits per heavy atom. The van der Waals surface area contributed by atoms with Crippen molar-refractivity contribution in [2.45, 2.75) is 44.3 Å². The minimum atomic E-state index is 0.0465. The summed E-state index contributed by atoms with van der Waals surface area (Å²) >= 11 is 0. The molecule has 0 amide bonds. The second-order valence-electron chi connectivity index (χ2n) is 4.80. The van der Waals surface area contributed by atoms with Crippen LogP contribution >= 0.6 is 16.5 Å². The molecule has 0 bridgehead atoms. The molecule has 0 aliphatic carbocycles. The van der Waals surface area contributed by atoms with Crippen molar-refractivity contribution in [3.63, 3.8) is 0 Å². The van der Waals surface area contributed by atoms with Crippen LogP contribution < -0.4 is 0 Å². The minimum Gasteiger partial charge on any atom is -0.370 e. The van der Waals surface area contributed by atoms with E-state index < -0.39 is 0 Å². The van der Waals surface area contributed by atoms with E-state index in [4.69, 9.17) is 9.47 Å². The molecule has 0 aromatic heterocycles. The maximum atomic E-state index is 6.08. The van der Waals surface area contributed by atoms with Gasteiger partial charge in [0.05, 0.1) is 13.2 Å². The van der Waals surface area contributed by atoms with E-state index in [-0.39, 0.29) is 13.3 Å². The molecule has 0 aromatic carbocycles. The Morgan fingerprint density at radius 1 is 1.38 bits per heavy atom. The van der Waals surface area contributed by atoms with Crippen molar-refractivity contribution in [3.05, 3.63) is 0 Å². The summed E-state index contributed by atoms with van der Waals surface area (Å²) in [5.74, 6) is 0.419. The number of rotatable bonds is 5. The fourth-order valence-corrected chi connectivity index (χ4v) is 7.30. The van der Waals surface area contributed by atoms with Crippen LogP contribution in [0.5, 0.6) is 0 Å². The quantitative estimate of drug-likeness (QED) is 0.558. The van der Waals surface area contributed by atoms with Crippen molar-refractivity contribution in [3.8, 4) is 0 Å². The molecule has 2 unspecified atom stereocenters. The van der Waals surface area contributed by atoms with Crippen LogP contribution in [0.15, 0.2) is 0 Å². The van der Waals surface area contributed by atoms with Crippen LogP contribution in [-0.2, 0) is 9.47 Å². The van der Waals surface area contributed by atoms with E-state index in [0.29, 0.717) is 5.85 Å². The molecular weight excluding hydrogens is 238 g/mol. The summed E-state index contributed by atoms with van der Waals surface area (Å²) in [6, 6.07) is 0. The Bertz CT molecular complexity index is 219. The molecule has 0 radical (unpaired) electrons. The average Bonchev–Trinajstić information content (AvgIpc) is 2.89. The van der Waals surface area contributed by atoms with Crippen molar-refractivity contribution in [2.24, 2.45) is 0 Å². The summed E-state index contributed by atoms with van der Waals surface area (Å²) < 4.78 is 12.0. The van der Waals surface area contributed by atoms with Crippen LogP contribution in [0.4, 0.5) is 0 Å². The highest BCUT2D eigenvalue weighted by Gasteiger charge is 2.47. The van der Waals surface area contributed by atoms with Crippen LogP contribution in [0.1, 0.15) is 33.1 Å². The van der Waals surface area contributed by atoms with E-state index in [1.165, 1.54) is 37.7 Å². The highest BCUT2D eigenvalue weighted by Crippen LogP contribution is 2.61. The van der Waals surface area contributed by atoms with Gasteiger partial charge in [0.25, 0.3) is 0 Å². The van der Waals surface area contributed by atoms with Gasteiger partial charge in [-0.15, -0.1) is 0 Å². The molecule has 0 spiro atoms. The van der Waals surface area contributed by atoms with Gasteiger partial charge in [0.2, 0.25) is 0 Å². The van der Waals surface area contributed by atoms with Crippen molar-refractivity contribution in [1.29, 1.82) is 0 Å². The lowest BCUT2D eigenvalue weighted by molar-refractivity contribution is -0.0231. The van der Waals surface area contributed by atoms with Gasteiger partial charge in [-0.25, -0.2) is 0 Å². The first-order valence-electron chi connectivity index (χ1n) is 6.51. The molecule has 4 heteroatoms. The van der Waals surface area contributed by atoms with Crippen LogP contribution in [0.2, 0.25) is 0 Å². The Morgan fingerprint density at radius 2 is 2.25 bits per heavy atom. The van der Waals surface area contributed by atoms with Crippen molar-refractivity contribution in [1.82, 2.24) is 0 Å². The molecule has 2 aliphatic rings. The van der Waals surface area contributed by atoms with Crippen LogP contribution in [0.25, 0.3) is 0 Å². The summed E-state index contributed by atoms with van der Waals surface area (Å²) in [7, 11) is 1.01. The fourth-order valence-electron chi connectivity index (χ4n) is 2.57. The third kappa shape index (κ3) is 2.78. The van der Waals surface area contributed by atoms with Crippen molar-refractivity contribution >= 4 is 16.5 Å². The fraction of sp³-hybridized carbons (Fsp3) is 1.00. The van der Waals surface area contributed by atoms with Crippen molar-refractivity contribution in [2.75, 3.05) is 31.7 Å². The normalized spacial score (nSPS) is 40.9. The highest BCUT2D eigenvalue weighted by molar-refractivity contribution is 7.60. The lowest BCUT2D eigenvalue weighted by Crippen LogP contribution is -2.34. The summed E-state index contributed by atoms with van der Waals surface area (Å²) in [4.78, 5) is 0. The molecule has 0 saturated carbocycles. The Labute approximate surface area is 102 Å². The van der Waals surface area contributed by atoms with E-state index in [1.54, 1.807) is 0 Å². The van der Waals surface area contributed by atoms with Gasteiger partial charge in [0.15, 0.2) is 0 Å². The monoisotopic (exact) mass is 262 g/mol. The van der Waals surface area contributed by atoms with Gasteiger partial charge in [0, 0.05) is 0 Å². The average molecular weight is 262 g/mol. The van der Waals surface area contributed by atoms with Gasteiger partial charge in [-0.2, -0.15) is 0 Å². The lowest BCUT2D eigenvalue weighted by atomic mass is 10.3. The van der Waals surface area contributed by atoms with E-state index >= 15 is 0 Å². The number of unbranched alkanes of at least 4 members (excludes halogenated alkanes) is 2. The zero-order valence-corrected chi connectivity index (χ0v) is 12.4. The Balaban J connectivity index is 1.90. The molecule has 94 valence electrons. The molecule has 4 atom stereocenters. The van der Waals surface area contributed by atoms with E-state index in [1.807, 2.05) is 0 Å². The first-order valence-corrected chi connectivity index (χ1v) is 9.51. The van der Waals surface area contributed by atoms with Gasteiger partial charge in [0.1, 0.15) is 11.2 Å². The topological polar surface area (TPSA) is 18.5 Å². The predicted molar refractivity (Wildman–Crippen MR) is 73.5 cm³/mol. The largest absolute Gasteiger partial charge is 0.370 e. The molecule has 0 aromatic rings. The van der Waals surface area contributed by atoms with Crippen LogP contribution in [-0.4, -0.2) is 42.9 Å². The second kappa shape index (κ2) is 6.10. The predicted octanol–water partition coefficient (Wildman–Crippen LogP) is 3.44. The number of ether oxygens (including phenoxy) is 2.